The monoisotopic (exact) mass is 349 g/mol. The minimum Gasteiger partial charge on any atom is -0.497 e. The van der Waals surface area contributed by atoms with Crippen molar-refractivity contribution in [3.05, 3.63) is 23.8 Å². The molecular weight excluding hydrogens is 322 g/mol. The van der Waals surface area contributed by atoms with Gasteiger partial charge in [0, 0.05) is 25.6 Å². The van der Waals surface area contributed by atoms with Crippen molar-refractivity contribution in [2.24, 2.45) is 5.92 Å². The number of ether oxygens (including phenoxy) is 2. The van der Waals surface area contributed by atoms with E-state index in [0.29, 0.717) is 43.2 Å². The Morgan fingerprint density at radius 3 is 2.84 bits per heavy atom. The van der Waals surface area contributed by atoms with Gasteiger partial charge < -0.3 is 19.5 Å². The zero-order valence-electron chi connectivity index (χ0n) is 15.0. The Hall–Kier alpha value is -2.24. The molecule has 1 fully saturated rings. The third-order valence-corrected chi connectivity index (χ3v) is 4.45. The summed E-state index contributed by atoms with van der Waals surface area (Å²) < 4.78 is 11.0. The van der Waals surface area contributed by atoms with E-state index in [2.05, 4.69) is 0 Å². The highest BCUT2D eigenvalue weighted by Crippen LogP contribution is 2.29. The molecule has 138 valence electrons. The zero-order valence-corrected chi connectivity index (χ0v) is 15.0. The number of methoxy groups -OCH3 is 1. The molecule has 1 aliphatic heterocycles. The zero-order chi connectivity index (χ0) is 18.2. The van der Waals surface area contributed by atoms with Gasteiger partial charge in [0.25, 0.3) is 5.91 Å². The summed E-state index contributed by atoms with van der Waals surface area (Å²) in [7, 11) is 1.58. The highest BCUT2D eigenvalue weighted by Gasteiger charge is 2.26. The highest BCUT2D eigenvalue weighted by molar-refractivity contribution is 5.97. The Morgan fingerprint density at radius 2 is 2.16 bits per heavy atom. The predicted octanol–water partition coefficient (Wildman–Crippen LogP) is 3.20. The molecule has 0 radical (unpaired) electrons. The molecule has 1 saturated heterocycles. The van der Waals surface area contributed by atoms with Gasteiger partial charge in [-0.15, -0.1) is 0 Å². The minimum absolute atomic E-state index is 0.0613. The van der Waals surface area contributed by atoms with Crippen molar-refractivity contribution < 1.29 is 24.2 Å². The van der Waals surface area contributed by atoms with Crippen molar-refractivity contribution in [1.29, 1.82) is 0 Å². The SMILES string of the molecule is CCCOc1cc(OC)ccc1C(=O)N1CCCC(CCC(=O)O)C1. The van der Waals surface area contributed by atoms with E-state index in [0.717, 1.165) is 19.3 Å². The number of hydrogen-bond acceptors (Lipinski definition) is 4. The summed E-state index contributed by atoms with van der Waals surface area (Å²) >= 11 is 0. The minimum atomic E-state index is -0.783. The lowest BCUT2D eigenvalue weighted by atomic mass is 9.93. The molecule has 0 aromatic heterocycles. The van der Waals surface area contributed by atoms with Crippen LogP contribution >= 0.6 is 0 Å². The molecule has 0 aliphatic carbocycles. The van der Waals surface area contributed by atoms with Crippen LogP contribution in [0.2, 0.25) is 0 Å². The fourth-order valence-corrected chi connectivity index (χ4v) is 3.12. The number of aliphatic carboxylic acids is 1. The summed E-state index contributed by atoms with van der Waals surface area (Å²) in [5, 5.41) is 8.86. The smallest absolute Gasteiger partial charge is 0.303 e. The third-order valence-electron chi connectivity index (χ3n) is 4.45. The number of hydrogen-bond donors (Lipinski definition) is 1. The molecule has 1 amide bonds. The molecule has 0 spiro atoms. The molecule has 0 bridgehead atoms. The first-order valence-corrected chi connectivity index (χ1v) is 8.87. The lowest BCUT2D eigenvalue weighted by Crippen LogP contribution is -2.40. The van der Waals surface area contributed by atoms with E-state index in [-0.39, 0.29) is 18.2 Å². The number of carboxylic acid groups (broad SMARTS) is 1. The number of likely N-dealkylation sites (tertiary alicyclic amines) is 1. The normalized spacial score (nSPS) is 17.2. The summed E-state index contributed by atoms with van der Waals surface area (Å²) in [6, 6.07) is 5.25. The van der Waals surface area contributed by atoms with Crippen LogP contribution in [0.1, 0.15) is 49.4 Å². The van der Waals surface area contributed by atoms with Crippen LogP contribution in [0.4, 0.5) is 0 Å². The maximum Gasteiger partial charge on any atom is 0.303 e. The maximum absolute atomic E-state index is 13.0. The summed E-state index contributed by atoms with van der Waals surface area (Å²) in [4.78, 5) is 25.5. The van der Waals surface area contributed by atoms with Gasteiger partial charge >= 0.3 is 5.97 Å². The van der Waals surface area contributed by atoms with Crippen molar-refractivity contribution in [3.8, 4) is 11.5 Å². The number of carbonyl (C=O) groups is 2. The van der Waals surface area contributed by atoms with Crippen molar-refractivity contribution >= 4 is 11.9 Å². The molecule has 1 N–H and O–H groups in total. The molecule has 1 unspecified atom stereocenters. The molecule has 6 heteroatoms. The van der Waals surface area contributed by atoms with E-state index in [1.165, 1.54) is 0 Å². The first-order valence-electron chi connectivity index (χ1n) is 8.87. The number of piperidine rings is 1. The lowest BCUT2D eigenvalue weighted by molar-refractivity contribution is -0.137. The van der Waals surface area contributed by atoms with Crippen LogP contribution in [0.15, 0.2) is 18.2 Å². The predicted molar refractivity (Wildman–Crippen MR) is 94.3 cm³/mol. The van der Waals surface area contributed by atoms with E-state index in [1.54, 1.807) is 25.3 Å². The van der Waals surface area contributed by atoms with Crippen LogP contribution in [0.5, 0.6) is 11.5 Å². The standard InChI is InChI=1S/C19H27NO5/c1-3-11-25-17-12-15(24-2)7-8-16(17)19(23)20-10-4-5-14(13-20)6-9-18(21)22/h7-8,12,14H,3-6,9-11,13H2,1-2H3,(H,21,22). The van der Waals surface area contributed by atoms with Gasteiger partial charge in [0.2, 0.25) is 0 Å². The van der Waals surface area contributed by atoms with Gasteiger partial charge in [-0.2, -0.15) is 0 Å². The van der Waals surface area contributed by atoms with E-state index in [1.807, 2.05) is 11.8 Å². The van der Waals surface area contributed by atoms with E-state index in [4.69, 9.17) is 14.6 Å². The Bertz CT molecular complexity index is 601. The van der Waals surface area contributed by atoms with Crippen LogP contribution < -0.4 is 9.47 Å². The molecule has 1 atom stereocenters. The van der Waals surface area contributed by atoms with Crippen LogP contribution in [0.25, 0.3) is 0 Å². The van der Waals surface area contributed by atoms with Crippen LogP contribution in [0.3, 0.4) is 0 Å². The van der Waals surface area contributed by atoms with Gasteiger partial charge in [-0.1, -0.05) is 6.92 Å². The first-order chi connectivity index (χ1) is 12.0. The fourth-order valence-electron chi connectivity index (χ4n) is 3.12. The van der Waals surface area contributed by atoms with Crippen molar-refractivity contribution in [2.75, 3.05) is 26.8 Å². The summed E-state index contributed by atoms with van der Waals surface area (Å²) in [6.07, 6.45) is 3.49. The molecular formula is C19H27NO5. The second-order valence-corrected chi connectivity index (χ2v) is 6.40. The quantitative estimate of drug-likeness (QED) is 0.780. The number of nitrogens with zero attached hydrogens (tertiary/aromatic N) is 1. The van der Waals surface area contributed by atoms with Gasteiger partial charge in [0.05, 0.1) is 19.3 Å². The number of rotatable bonds is 8. The Morgan fingerprint density at radius 1 is 1.36 bits per heavy atom. The second kappa shape index (κ2) is 9.30. The second-order valence-electron chi connectivity index (χ2n) is 6.40. The number of carboxylic acids is 1. The summed E-state index contributed by atoms with van der Waals surface area (Å²) in [5.74, 6) is 0.592. The number of amides is 1. The van der Waals surface area contributed by atoms with E-state index < -0.39 is 5.97 Å². The van der Waals surface area contributed by atoms with Gasteiger partial charge in [-0.05, 0) is 43.7 Å². The van der Waals surface area contributed by atoms with E-state index in [9.17, 15) is 9.59 Å². The number of carbonyl (C=O) groups excluding carboxylic acids is 1. The summed E-state index contributed by atoms with van der Waals surface area (Å²) in [5.41, 5.74) is 0.535. The van der Waals surface area contributed by atoms with Crippen LogP contribution in [-0.4, -0.2) is 48.7 Å². The Balaban J connectivity index is 2.11. The molecule has 2 rings (SSSR count). The average Bonchev–Trinajstić information content (AvgIpc) is 2.64. The molecule has 6 nitrogen and oxygen atoms in total. The molecule has 1 aromatic rings. The average molecular weight is 349 g/mol. The third kappa shape index (κ3) is 5.37. The topological polar surface area (TPSA) is 76.1 Å². The van der Waals surface area contributed by atoms with Gasteiger partial charge in [0.1, 0.15) is 11.5 Å². The van der Waals surface area contributed by atoms with Gasteiger partial charge in [0.15, 0.2) is 0 Å². The highest BCUT2D eigenvalue weighted by atomic mass is 16.5. The largest absolute Gasteiger partial charge is 0.497 e. The van der Waals surface area contributed by atoms with E-state index >= 15 is 0 Å². The lowest BCUT2D eigenvalue weighted by Gasteiger charge is -2.33. The van der Waals surface area contributed by atoms with Gasteiger partial charge in [-0.25, -0.2) is 0 Å². The van der Waals surface area contributed by atoms with Crippen molar-refractivity contribution in [2.45, 2.75) is 39.0 Å². The fraction of sp³-hybridized carbons (Fsp3) is 0.579. The molecule has 1 heterocycles. The van der Waals surface area contributed by atoms with Crippen molar-refractivity contribution in [3.63, 3.8) is 0 Å². The van der Waals surface area contributed by atoms with Gasteiger partial charge in [-0.3, -0.25) is 9.59 Å². The van der Waals surface area contributed by atoms with Crippen LogP contribution in [-0.2, 0) is 4.79 Å². The first kappa shape index (κ1) is 19.1. The molecule has 1 aliphatic rings. The Labute approximate surface area is 148 Å². The molecule has 0 saturated carbocycles. The maximum atomic E-state index is 13.0. The number of benzene rings is 1. The molecule has 1 aromatic carbocycles. The molecule has 25 heavy (non-hydrogen) atoms. The Kier molecular flexibility index (Phi) is 7.10. The van der Waals surface area contributed by atoms with Crippen molar-refractivity contribution in [1.82, 2.24) is 4.90 Å². The summed E-state index contributed by atoms with van der Waals surface area (Å²) in [6.45, 7) is 3.85. The van der Waals surface area contributed by atoms with Crippen LogP contribution in [0, 0.1) is 5.92 Å².